The topological polar surface area (TPSA) is 102 Å². The molecule has 0 fully saturated rings. The summed E-state index contributed by atoms with van der Waals surface area (Å²) in [5.41, 5.74) is 0.409. The Morgan fingerprint density at radius 3 is 2.95 bits per heavy atom. The normalized spacial score (nSPS) is 10.5. The lowest BCUT2D eigenvalue weighted by atomic mass is 10.2. The zero-order valence-electron chi connectivity index (χ0n) is 10.00. The highest BCUT2D eigenvalue weighted by atomic mass is 35.5. The summed E-state index contributed by atoms with van der Waals surface area (Å²) in [6.45, 7) is 1.82. The van der Waals surface area contributed by atoms with Crippen molar-refractivity contribution in [1.29, 1.82) is 0 Å². The van der Waals surface area contributed by atoms with Crippen molar-refractivity contribution in [2.75, 3.05) is 11.6 Å². The van der Waals surface area contributed by atoms with Gasteiger partial charge in [0, 0.05) is 10.4 Å². The highest BCUT2D eigenvalue weighted by molar-refractivity contribution is 6.31. The van der Waals surface area contributed by atoms with Crippen LogP contribution in [0.15, 0.2) is 18.2 Å². The molecule has 0 aliphatic rings. The number of halogens is 1. The third kappa shape index (κ3) is 2.67. The van der Waals surface area contributed by atoms with Crippen LogP contribution in [-0.2, 0) is 4.74 Å². The maximum Gasteiger partial charge on any atom is 0.430 e. The number of nitrogens with two attached hydrogens (primary N) is 1. The fourth-order valence-corrected chi connectivity index (χ4v) is 1.71. The number of aromatic hydroxyl groups is 1. The van der Waals surface area contributed by atoms with E-state index in [0.29, 0.717) is 20.9 Å². The molecule has 0 saturated heterocycles. The fourth-order valence-electron chi connectivity index (χ4n) is 1.54. The van der Waals surface area contributed by atoms with Gasteiger partial charge in [-0.3, -0.25) is 0 Å². The van der Waals surface area contributed by atoms with Crippen molar-refractivity contribution in [1.82, 2.24) is 9.97 Å². The monoisotopic (exact) mass is 282 g/mol. The van der Waals surface area contributed by atoms with E-state index in [0.717, 1.165) is 0 Å². The van der Waals surface area contributed by atoms with E-state index in [1.807, 2.05) is 0 Å². The molecule has 8 heteroatoms. The van der Waals surface area contributed by atoms with Crippen LogP contribution in [0.25, 0.3) is 10.9 Å². The van der Waals surface area contributed by atoms with Gasteiger partial charge in [0.1, 0.15) is 0 Å². The van der Waals surface area contributed by atoms with Gasteiger partial charge in [-0.25, -0.2) is 10.6 Å². The first-order valence-electron chi connectivity index (χ1n) is 5.40. The number of benzene rings is 1. The Bertz CT molecular complexity index is 635. The van der Waals surface area contributed by atoms with Crippen molar-refractivity contribution < 1.29 is 14.6 Å². The van der Waals surface area contributed by atoms with Crippen LogP contribution in [0.1, 0.15) is 6.92 Å². The van der Waals surface area contributed by atoms with Gasteiger partial charge >= 0.3 is 12.1 Å². The third-order valence-corrected chi connectivity index (χ3v) is 2.55. The first-order valence-corrected chi connectivity index (χ1v) is 5.78. The SMILES string of the molecule is CCOC(=O)N(N)c1nc(O)nc2ccc(Cl)cc12. The highest BCUT2D eigenvalue weighted by Gasteiger charge is 2.19. The summed E-state index contributed by atoms with van der Waals surface area (Å²) in [5, 5.41) is 11.0. The van der Waals surface area contributed by atoms with E-state index in [-0.39, 0.29) is 12.4 Å². The molecule has 1 aromatic heterocycles. The van der Waals surface area contributed by atoms with Crippen LogP contribution in [0.5, 0.6) is 6.01 Å². The van der Waals surface area contributed by atoms with E-state index in [1.54, 1.807) is 25.1 Å². The van der Waals surface area contributed by atoms with E-state index in [9.17, 15) is 9.90 Å². The molecule has 7 nitrogen and oxygen atoms in total. The second-order valence-corrected chi connectivity index (χ2v) is 4.01. The molecule has 0 aliphatic carbocycles. The molecule has 3 N–H and O–H groups in total. The van der Waals surface area contributed by atoms with Crippen molar-refractivity contribution in [3.8, 4) is 6.01 Å². The Labute approximate surface area is 113 Å². The molecule has 0 radical (unpaired) electrons. The summed E-state index contributed by atoms with van der Waals surface area (Å²) in [7, 11) is 0. The third-order valence-electron chi connectivity index (χ3n) is 2.32. The Kier molecular flexibility index (Phi) is 3.68. The number of ether oxygens (including phenoxy) is 1. The summed E-state index contributed by atoms with van der Waals surface area (Å²) in [5.74, 6) is 5.64. The van der Waals surface area contributed by atoms with Crippen molar-refractivity contribution in [3.05, 3.63) is 23.2 Å². The van der Waals surface area contributed by atoms with Crippen LogP contribution in [-0.4, -0.2) is 27.8 Å². The van der Waals surface area contributed by atoms with Gasteiger partial charge in [-0.2, -0.15) is 15.0 Å². The number of hydrazine groups is 1. The molecule has 0 unspecified atom stereocenters. The number of carbonyl (C=O) groups excluding carboxylic acids is 1. The molecule has 100 valence electrons. The molecule has 0 atom stereocenters. The molecule has 0 saturated carbocycles. The van der Waals surface area contributed by atoms with Gasteiger partial charge in [0.15, 0.2) is 5.82 Å². The molecule has 0 bridgehead atoms. The standard InChI is InChI=1S/C11H11ClN4O3/c1-2-19-11(18)16(13)9-7-5-6(12)3-4-8(7)14-10(17)15-9/h3-5H,2,13H2,1H3,(H,14,15,17). The average molecular weight is 283 g/mol. The summed E-state index contributed by atoms with van der Waals surface area (Å²) in [6, 6.07) is 4.24. The van der Waals surface area contributed by atoms with Gasteiger partial charge in [0.05, 0.1) is 12.1 Å². The minimum atomic E-state index is -0.790. The van der Waals surface area contributed by atoms with Crippen molar-refractivity contribution in [2.24, 2.45) is 5.84 Å². The van der Waals surface area contributed by atoms with Gasteiger partial charge in [-0.15, -0.1) is 0 Å². The predicted molar refractivity (Wildman–Crippen MR) is 69.9 cm³/mol. The Hall–Kier alpha value is -2.12. The quantitative estimate of drug-likeness (QED) is 0.495. The highest BCUT2D eigenvalue weighted by Crippen LogP contribution is 2.27. The molecular weight excluding hydrogens is 272 g/mol. The molecule has 19 heavy (non-hydrogen) atoms. The minimum absolute atomic E-state index is 0.0171. The smallest absolute Gasteiger partial charge is 0.430 e. The average Bonchev–Trinajstić information content (AvgIpc) is 2.38. The summed E-state index contributed by atoms with van der Waals surface area (Å²) in [6.07, 6.45) is -0.790. The maximum absolute atomic E-state index is 11.6. The Morgan fingerprint density at radius 2 is 2.26 bits per heavy atom. The zero-order valence-corrected chi connectivity index (χ0v) is 10.8. The van der Waals surface area contributed by atoms with E-state index < -0.39 is 12.1 Å². The molecule has 2 rings (SSSR count). The first-order chi connectivity index (χ1) is 9.02. The Balaban J connectivity index is 2.57. The second kappa shape index (κ2) is 5.25. The molecular formula is C11H11ClN4O3. The maximum atomic E-state index is 11.6. The number of rotatable bonds is 2. The molecule has 1 heterocycles. The lowest BCUT2D eigenvalue weighted by molar-refractivity contribution is 0.159. The van der Waals surface area contributed by atoms with E-state index in [1.165, 1.54) is 0 Å². The molecule has 1 amide bonds. The molecule has 0 aliphatic heterocycles. The minimum Gasteiger partial charge on any atom is -0.479 e. The van der Waals surface area contributed by atoms with Crippen LogP contribution in [0.3, 0.4) is 0 Å². The van der Waals surface area contributed by atoms with E-state index in [2.05, 4.69) is 9.97 Å². The van der Waals surface area contributed by atoms with Gasteiger partial charge < -0.3 is 9.84 Å². The molecule has 2 aromatic rings. The van der Waals surface area contributed by atoms with Gasteiger partial charge in [-0.1, -0.05) is 11.6 Å². The van der Waals surface area contributed by atoms with Crippen molar-refractivity contribution in [3.63, 3.8) is 0 Å². The second-order valence-electron chi connectivity index (χ2n) is 3.58. The summed E-state index contributed by atoms with van der Waals surface area (Å²) in [4.78, 5) is 19.1. The number of amides is 1. The molecule has 1 aromatic carbocycles. The van der Waals surface area contributed by atoms with Crippen molar-refractivity contribution >= 4 is 34.4 Å². The number of nitrogens with zero attached hydrogens (tertiary/aromatic N) is 3. The van der Waals surface area contributed by atoms with Crippen LogP contribution in [0.4, 0.5) is 10.6 Å². The zero-order chi connectivity index (χ0) is 14.0. The van der Waals surface area contributed by atoms with Crippen LogP contribution in [0.2, 0.25) is 5.02 Å². The number of hydrogen-bond donors (Lipinski definition) is 2. The number of aromatic nitrogens is 2. The largest absolute Gasteiger partial charge is 0.479 e. The number of hydrogen-bond acceptors (Lipinski definition) is 6. The fraction of sp³-hybridized carbons (Fsp3) is 0.182. The van der Waals surface area contributed by atoms with Gasteiger partial charge in [0.2, 0.25) is 0 Å². The van der Waals surface area contributed by atoms with Gasteiger partial charge in [-0.05, 0) is 25.1 Å². The lowest BCUT2D eigenvalue weighted by Crippen LogP contribution is -2.38. The van der Waals surface area contributed by atoms with Crippen LogP contribution < -0.4 is 10.9 Å². The summed E-state index contributed by atoms with van der Waals surface area (Å²) >= 11 is 5.88. The van der Waals surface area contributed by atoms with Crippen LogP contribution >= 0.6 is 11.6 Å². The number of anilines is 1. The van der Waals surface area contributed by atoms with Gasteiger partial charge in [0.25, 0.3) is 0 Å². The lowest BCUT2D eigenvalue weighted by Gasteiger charge is -2.16. The van der Waals surface area contributed by atoms with E-state index >= 15 is 0 Å². The Morgan fingerprint density at radius 1 is 1.53 bits per heavy atom. The molecule has 0 spiro atoms. The summed E-state index contributed by atoms with van der Waals surface area (Å²) < 4.78 is 4.76. The van der Waals surface area contributed by atoms with Crippen LogP contribution in [0, 0.1) is 0 Å². The number of fused-ring (bicyclic) bond motifs is 1. The first kappa shape index (κ1) is 13.3. The van der Waals surface area contributed by atoms with E-state index in [4.69, 9.17) is 22.2 Å². The number of carbonyl (C=O) groups is 1. The van der Waals surface area contributed by atoms with Crippen molar-refractivity contribution in [2.45, 2.75) is 6.92 Å². The predicted octanol–water partition coefficient (Wildman–Crippen LogP) is 1.83.